The molecule has 1 heterocycles. The maximum Gasteiger partial charge on any atom is 0.151 e. The molecule has 1 saturated heterocycles. The van der Waals surface area contributed by atoms with Crippen molar-refractivity contribution in [3.63, 3.8) is 0 Å². The number of carbonyl (C=O) groups excluding carboxylic acids is 1. The molecule has 2 unspecified atom stereocenters. The van der Waals surface area contributed by atoms with E-state index in [-0.39, 0.29) is 18.1 Å². The smallest absolute Gasteiger partial charge is 0.151 e. The van der Waals surface area contributed by atoms with Crippen molar-refractivity contribution in [1.29, 1.82) is 0 Å². The number of carbonyl (C=O) groups is 1. The third-order valence-electron chi connectivity index (χ3n) is 7.61. The van der Waals surface area contributed by atoms with Crippen LogP contribution in [0.5, 0.6) is 0 Å². The second kappa shape index (κ2) is 13.5. The van der Waals surface area contributed by atoms with Crippen molar-refractivity contribution in [1.82, 2.24) is 15.1 Å². The van der Waals surface area contributed by atoms with Crippen LogP contribution in [0.4, 0.5) is 0 Å². The van der Waals surface area contributed by atoms with E-state index in [4.69, 9.17) is 4.74 Å². The zero-order chi connectivity index (χ0) is 26.9. The number of hydrogen-bond acceptors (Lipinski definition) is 5. The van der Waals surface area contributed by atoms with Crippen molar-refractivity contribution in [2.24, 2.45) is 0 Å². The van der Waals surface area contributed by atoms with E-state index < -0.39 is 6.17 Å². The lowest BCUT2D eigenvalue weighted by molar-refractivity contribution is -0.116. The van der Waals surface area contributed by atoms with Crippen LogP contribution in [-0.4, -0.2) is 61.6 Å². The summed E-state index contributed by atoms with van der Waals surface area (Å²) in [5.41, 5.74) is 4.79. The van der Waals surface area contributed by atoms with E-state index in [2.05, 4.69) is 100 Å². The normalized spacial score (nSPS) is 17.4. The summed E-state index contributed by atoms with van der Waals surface area (Å²) in [5.74, 6) is 0. The molecule has 0 spiro atoms. The van der Waals surface area contributed by atoms with Crippen LogP contribution in [0.1, 0.15) is 34.3 Å². The SMILES string of the molecule is COCC1CN(C(C=O)NC(c2ccccc2)c2ccccc2)CCN1C(c1ccccc1)c1ccccc1. The molecule has 200 valence electrons. The van der Waals surface area contributed by atoms with Gasteiger partial charge in [-0.1, -0.05) is 121 Å². The van der Waals surface area contributed by atoms with Crippen LogP contribution < -0.4 is 5.32 Å². The van der Waals surface area contributed by atoms with Gasteiger partial charge in [0.1, 0.15) is 6.17 Å². The molecule has 1 aliphatic heterocycles. The van der Waals surface area contributed by atoms with Gasteiger partial charge in [-0.05, 0) is 22.3 Å². The molecule has 0 aromatic heterocycles. The number of hydrogen-bond donors (Lipinski definition) is 1. The van der Waals surface area contributed by atoms with Crippen molar-refractivity contribution in [2.75, 3.05) is 33.4 Å². The number of methoxy groups -OCH3 is 1. The second-order valence-electron chi connectivity index (χ2n) is 10.1. The minimum absolute atomic E-state index is 0.0945. The van der Waals surface area contributed by atoms with Crippen molar-refractivity contribution < 1.29 is 9.53 Å². The summed E-state index contributed by atoms with van der Waals surface area (Å²) in [4.78, 5) is 17.4. The number of rotatable bonds is 11. The Morgan fingerprint density at radius 1 is 0.744 bits per heavy atom. The second-order valence-corrected chi connectivity index (χ2v) is 10.1. The highest BCUT2D eigenvalue weighted by Crippen LogP contribution is 2.32. The maximum absolute atomic E-state index is 12.6. The van der Waals surface area contributed by atoms with E-state index >= 15 is 0 Å². The first-order valence-electron chi connectivity index (χ1n) is 13.7. The fourth-order valence-electron chi connectivity index (χ4n) is 5.75. The average Bonchev–Trinajstić information content (AvgIpc) is 3.01. The van der Waals surface area contributed by atoms with Gasteiger partial charge in [-0.15, -0.1) is 0 Å². The molecule has 1 N–H and O–H groups in total. The minimum atomic E-state index is -0.427. The molecule has 39 heavy (non-hydrogen) atoms. The van der Waals surface area contributed by atoms with Gasteiger partial charge in [-0.2, -0.15) is 0 Å². The van der Waals surface area contributed by atoms with Gasteiger partial charge in [0.15, 0.2) is 6.29 Å². The molecule has 5 heteroatoms. The summed E-state index contributed by atoms with van der Waals surface area (Å²) in [5, 5.41) is 3.67. The van der Waals surface area contributed by atoms with Gasteiger partial charge in [-0.25, -0.2) is 0 Å². The average molecular weight is 520 g/mol. The van der Waals surface area contributed by atoms with Gasteiger partial charge in [0, 0.05) is 32.8 Å². The summed E-state index contributed by atoms with van der Waals surface area (Å²) >= 11 is 0. The van der Waals surface area contributed by atoms with Crippen molar-refractivity contribution >= 4 is 6.29 Å². The Labute approximate surface area is 232 Å². The van der Waals surface area contributed by atoms with E-state index in [1.807, 2.05) is 36.4 Å². The summed E-state index contributed by atoms with van der Waals surface area (Å²) in [7, 11) is 1.76. The first-order chi connectivity index (χ1) is 19.3. The van der Waals surface area contributed by atoms with Crippen molar-refractivity contribution in [3.05, 3.63) is 144 Å². The Morgan fingerprint density at radius 3 is 1.64 bits per heavy atom. The predicted octanol–water partition coefficient (Wildman–Crippen LogP) is 5.31. The lowest BCUT2D eigenvalue weighted by Gasteiger charge is -2.47. The van der Waals surface area contributed by atoms with Gasteiger partial charge in [0.2, 0.25) is 0 Å². The molecule has 5 rings (SSSR count). The Balaban J connectivity index is 1.40. The molecule has 0 amide bonds. The third kappa shape index (κ3) is 6.52. The van der Waals surface area contributed by atoms with Gasteiger partial charge >= 0.3 is 0 Å². The molecule has 1 aliphatic rings. The van der Waals surface area contributed by atoms with Crippen LogP contribution in [0.3, 0.4) is 0 Å². The van der Waals surface area contributed by atoms with E-state index in [9.17, 15) is 4.79 Å². The molecule has 5 nitrogen and oxygen atoms in total. The zero-order valence-corrected chi connectivity index (χ0v) is 22.5. The Morgan fingerprint density at radius 2 is 1.21 bits per heavy atom. The summed E-state index contributed by atoms with van der Waals surface area (Å²) in [6, 6.07) is 42.2. The lowest BCUT2D eigenvalue weighted by Crippen LogP contribution is -2.61. The summed E-state index contributed by atoms with van der Waals surface area (Å²) in [6.07, 6.45) is 0.619. The highest BCUT2D eigenvalue weighted by molar-refractivity contribution is 5.57. The van der Waals surface area contributed by atoms with Crippen molar-refractivity contribution in [2.45, 2.75) is 24.3 Å². The van der Waals surface area contributed by atoms with E-state index in [0.29, 0.717) is 6.61 Å². The van der Waals surface area contributed by atoms with Crippen LogP contribution in [-0.2, 0) is 9.53 Å². The largest absolute Gasteiger partial charge is 0.383 e. The van der Waals surface area contributed by atoms with E-state index in [0.717, 1.165) is 37.0 Å². The molecule has 0 radical (unpaired) electrons. The van der Waals surface area contributed by atoms with E-state index in [1.165, 1.54) is 11.1 Å². The van der Waals surface area contributed by atoms with Crippen molar-refractivity contribution in [3.8, 4) is 0 Å². The Hall–Kier alpha value is -3.61. The van der Waals surface area contributed by atoms with Gasteiger partial charge < -0.3 is 9.53 Å². The standard InChI is InChI=1S/C34H37N3O2/c1-39-26-31-24-36(22-23-37(31)34(29-18-10-4-11-19-29)30-20-12-5-13-21-30)32(25-38)35-33(27-14-6-2-7-15-27)28-16-8-3-9-17-28/h2-21,25,31-35H,22-24,26H2,1H3. The van der Waals surface area contributed by atoms with Crippen LogP contribution in [0.25, 0.3) is 0 Å². The molecule has 2 atom stereocenters. The monoisotopic (exact) mass is 519 g/mol. The number of nitrogens with one attached hydrogen (secondary N) is 1. The minimum Gasteiger partial charge on any atom is -0.383 e. The number of piperazine rings is 1. The van der Waals surface area contributed by atoms with Gasteiger partial charge in [0.25, 0.3) is 0 Å². The van der Waals surface area contributed by atoms with Gasteiger partial charge in [0.05, 0.1) is 18.7 Å². The summed E-state index contributed by atoms with van der Waals surface area (Å²) in [6.45, 7) is 2.88. The molecule has 4 aromatic carbocycles. The number of aldehydes is 1. The van der Waals surface area contributed by atoms with Crippen LogP contribution in [0.15, 0.2) is 121 Å². The fraction of sp³-hybridized carbons (Fsp3) is 0.265. The molecule has 1 fully saturated rings. The molecular formula is C34H37N3O2. The van der Waals surface area contributed by atoms with Crippen LogP contribution in [0.2, 0.25) is 0 Å². The maximum atomic E-state index is 12.6. The zero-order valence-electron chi connectivity index (χ0n) is 22.5. The third-order valence-corrected chi connectivity index (χ3v) is 7.61. The Bertz CT molecular complexity index is 1190. The topological polar surface area (TPSA) is 44.8 Å². The molecule has 0 aliphatic carbocycles. The molecule has 0 saturated carbocycles. The Kier molecular flexibility index (Phi) is 9.30. The first kappa shape index (κ1) is 27.0. The quantitative estimate of drug-likeness (QED) is 0.272. The molecule has 4 aromatic rings. The number of benzene rings is 4. The molecule has 0 bridgehead atoms. The lowest BCUT2D eigenvalue weighted by atomic mass is 9.94. The summed E-state index contributed by atoms with van der Waals surface area (Å²) < 4.78 is 5.74. The fourth-order valence-corrected chi connectivity index (χ4v) is 5.75. The number of ether oxygens (including phenoxy) is 1. The highest BCUT2D eigenvalue weighted by atomic mass is 16.5. The van der Waals surface area contributed by atoms with Gasteiger partial charge in [-0.3, -0.25) is 15.1 Å². The predicted molar refractivity (Wildman–Crippen MR) is 156 cm³/mol. The highest BCUT2D eigenvalue weighted by Gasteiger charge is 2.36. The molecular weight excluding hydrogens is 482 g/mol. The first-order valence-corrected chi connectivity index (χ1v) is 13.7. The van der Waals surface area contributed by atoms with Crippen LogP contribution in [0, 0.1) is 0 Å². The van der Waals surface area contributed by atoms with E-state index in [1.54, 1.807) is 7.11 Å². The number of nitrogens with zero attached hydrogens (tertiary/aromatic N) is 2. The van der Waals surface area contributed by atoms with Crippen LogP contribution >= 0.6 is 0 Å².